The Balaban J connectivity index is 1.28. The van der Waals surface area contributed by atoms with Gasteiger partial charge in [-0.2, -0.15) is 18.2 Å². The molecule has 194 valence electrons. The van der Waals surface area contributed by atoms with Crippen molar-refractivity contribution < 1.29 is 27.6 Å². The molecule has 1 aliphatic carbocycles. The molecule has 0 spiro atoms. The van der Waals surface area contributed by atoms with E-state index in [9.17, 15) is 18.0 Å². The number of allylic oxidation sites excluding steroid dienone is 1. The molecule has 1 aliphatic heterocycles. The monoisotopic (exact) mass is 511 g/mol. The van der Waals surface area contributed by atoms with Crippen molar-refractivity contribution in [1.82, 2.24) is 15.0 Å². The number of hydrogen-bond donors (Lipinski definition) is 1. The van der Waals surface area contributed by atoms with Crippen molar-refractivity contribution in [2.45, 2.75) is 50.2 Å². The Labute approximate surface area is 212 Å². The summed E-state index contributed by atoms with van der Waals surface area (Å²) < 4.78 is 44.6. The lowest BCUT2D eigenvalue weighted by Crippen LogP contribution is -2.49. The maximum absolute atomic E-state index is 13.0. The maximum Gasteiger partial charge on any atom is 0.416 e. The SMILES string of the molecule is O=C(O)C1CN(Cc2ccc(-c3noc(C=CC4(c5ccc(C(F)(F)F)cc5)CCCCC4)n3)cc2)C1. The van der Waals surface area contributed by atoms with Crippen LogP contribution in [0.2, 0.25) is 0 Å². The summed E-state index contributed by atoms with van der Waals surface area (Å²) in [5.74, 6) is -0.232. The van der Waals surface area contributed by atoms with E-state index < -0.39 is 17.7 Å². The van der Waals surface area contributed by atoms with Crippen LogP contribution in [0, 0.1) is 5.92 Å². The number of aromatic nitrogens is 2. The first-order chi connectivity index (χ1) is 17.7. The number of aliphatic carboxylic acids is 1. The highest BCUT2D eigenvalue weighted by atomic mass is 19.4. The van der Waals surface area contributed by atoms with Gasteiger partial charge in [0.15, 0.2) is 0 Å². The second-order valence-electron chi connectivity index (χ2n) is 10.0. The standard InChI is InChI=1S/C28H28F3N3O3/c29-28(30,31)23-10-8-22(9-11-23)27(13-2-1-3-14-27)15-12-24-32-25(33-37-24)20-6-4-19(5-7-20)16-34-17-21(18-34)26(35)36/h4-12,15,21H,1-3,13-14,16-18H2,(H,35,36). The lowest BCUT2D eigenvalue weighted by molar-refractivity contribution is -0.147. The van der Waals surface area contributed by atoms with Crippen molar-refractivity contribution in [3.05, 3.63) is 77.2 Å². The Bertz CT molecular complexity index is 1250. The van der Waals surface area contributed by atoms with E-state index in [2.05, 4.69) is 15.0 Å². The summed E-state index contributed by atoms with van der Waals surface area (Å²) in [5, 5.41) is 13.1. The minimum Gasteiger partial charge on any atom is -0.481 e. The molecule has 1 saturated heterocycles. The van der Waals surface area contributed by atoms with Gasteiger partial charge in [-0.1, -0.05) is 66.9 Å². The van der Waals surface area contributed by atoms with Crippen LogP contribution in [-0.4, -0.2) is 39.2 Å². The summed E-state index contributed by atoms with van der Waals surface area (Å²) in [5.41, 5.74) is 1.73. The lowest BCUT2D eigenvalue weighted by Gasteiger charge is -2.36. The Morgan fingerprint density at radius 1 is 1.05 bits per heavy atom. The largest absolute Gasteiger partial charge is 0.481 e. The molecule has 0 atom stereocenters. The third-order valence-corrected chi connectivity index (χ3v) is 7.44. The predicted molar refractivity (Wildman–Crippen MR) is 131 cm³/mol. The number of carbonyl (C=O) groups is 1. The number of hydrogen-bond acceptors (Lipinski definition) is 5. The average molecular weight is 512 g/mol. The fourth-order valence-electron chi connectivity index (χ4n) is 5.25. The molecule has 5 rings (SSSR count). The van der Waals surface area contributed by atoms with Crippen LogP contribution in [0.3, 0.4) is 0 Å². The quantitative estimate of drug-likeness (QED) is 0.408. The lowest BCUT2D eigenvalue weighted by atomic mass is 9.69. The molecule has 0 bridgehead atoms. The molecule has 1 N–H and O–H groups in total. The summed E-state index contributed by atoms with van der Waals surface area (Å²) in [6.07, 6.45) is 4.23. The smallest absolute Gasteiger partial charge is 0.416 e. The van der Waals surface area contributed by atoms with Gasteiger partial charge in [0.2, 0.25) is 5.82 Å². The highest BCUT2D eigenvalue weighted by Crippen LogP contribution is 2.42. The molecule has 6 nitrogen and oxygen atoms in total. The number of carboxylic acid groups (broad SMARTS) is 1. The predicted octanol–water partition coefficient (Wildman–Crippen LogP) is 6.19. The first-order valence-electron chi connectivity index (χ1n) is 12.5. The number of likely N-dealkylation sites (tertiary alicyclic amines) is 1. The molecule has 9 heteroatoms. The molecule has 1 saturated carbocycles. The van der Waals surface area contributed by atoms with Crippen LogP contribution in [0.25, 0.3) is 17.5 Å². The van der Waals surface area contributed by atoms with Gasteiger partial charge in [0.05, 0.1) is 11.5 Å². The van der Waals surface area contributed by atoms with E-state index in [1.807, 2.05) is 30.3 Å². The maximum atomic E-state index is 13.0. The highest BCUT2D eigenvalue weighted by Gasteiger charge is 2.34. The van der Waals surface area contributed by atoms with E-state index in [4.69, 9.17) is 9.63 Å². The molecule has 0 radical (unpaired) electrons. The molecule has 0 amide bonds. The summed E-state index contributed by atoms with van der Waals surface area (Å²) in [4.78, 5) is 17.5. The van der Waals surface area contributed by atoms with Crippen LogP contribution in [0.4, 0.5) is 13.2 Å². The summed E-state index contributed by atoms with van der Waals surface area (Å²) in [7, 11) is 0. The van der Waals surface area contributed by atoms with Gasteiger partial charge >= 0.3 is 12.1 Å². The Morgan fingerprint density at radius 3 is 2.35 bits per heavy atom. The number of rotatable bonds is 7. The van der Waals surface area contributed by atoms with Crippen molar-refractivity contribution >= 4 is 12.0 Å². The van der Waals surface area contributed by atoms with Gasteiger partial charge in [0.25, 0.3) is 5.89 Å². The Kier molecular flexibility index (Phi) is 6.90. The molecule has 2 aliphatic rings. The molecular weight excluding hydrogens is 483 g/mol. The minimum atomic E-state index is -4.36. The van der Waals surface area contributed by atoms with Gasteiger partial charge in [-0.25, -0.2) is 0 Å². The number of carboxylic acids is 1. The number of nitrogens with zero attached hydrogens (tertiary/aromatic N) is 3. The van der Waals surface area contributed by atoms with Gasteiger partial charge in [0, 0.05) is 36.7 Å². The van der Waals surface area contributed by atoms with Gasteiger partial charge in [-0.3, -0.25) is 9.69 Å². The second kappa shape index (κ2) is 10.1. The zero-order chi connectivity index (χ0) is 26.0. The van der Waals surface area contributed by atoms with E-state index in [0.717, 1.165) is 60.9 Å². The first kappa shape index (κ1) is 25.2. The van der Waals surface area contributed by atoms with E-state index in [0.29, 0.717) is 31.3 Å². The zero-order valence-electron chi connectivity index (χ0n) is 20.2. The topological polar surface area (TPSA) is 79.5 Å². The molecule has 1 aromatic heterocycles. The summed E-state index contributed by atoms with van der Waals surface area (Å²) in [6.45, 7) is 1.81. The average Bonchev–Trinajstić information content (AvgIpc) is 3.34. The summed E-state index contributed by atoms with van der Waals surface area (Å²) >= 11 is 0. The van der Waals surface area contributed by atoms with Crippen LogP contribution in [0.15, 0.2) is 59.1 Å². The Hall–Kier alpha value is -3.46. The van der Waals surface area contributed by atoms with E-state index in [1.54, 1.807) is 18.2 Å². The van der Waals surface area contributed by atoms with Crippen LogP contribution < -0.4 is 0 Å². The number of benzene rings is 2. The molecule has 2 fully saturated rings. The van der Waals surface area contributed by atoms with Crippen molar-refractivity contribution in [3.8, 4) is 11.4 Å². The van der Waals surface area contributed by atoms with Crippen LogP contribution in [-0.2, 0) is 22.9 Å². The fraction of sp³-hybridized carbons (Fsp3) is 0.393. The van der Waals surface area contributed by atoms with Gasteiger partial charge in [0.1, 0.15) is 0 Å². The van der Waals surface area contributed by atoms with Gasteiger partial charge < -0.3 is 9.63 Å². The van der Waals surface area contributed by atoms with Crippen molar-refractivity contribution in [2.24, 2.45) is 5.92 Å². The number of halogens is 3. The third kappa shape index (κ3) is 5.61. The molecule has 37 heavy (non-hydrogen) atoms. The van der Waals surface area contributed by atoms with Gasteiger partial charge in [-0.05, 0) is 36.1 Å². The number of alkyl halides is 3. The molecule has 2 heterocycles. The van der Waals surface area contributed by atoms with E-state index >= 15 is 0 Å². The second-order valence-corrected chi connectivity index (χ2v) is 10.0. The zero-order valence-corrected chi connectivity index (χ0v) is 20.2. The molecule has 3 aromatic rings. The van der Waals surface area contributed by atoms with Crippen molar-refractivity contribution in [1.29, 1.82) is 0 Å². The van der Waals surface area contributed by atoms with E-state index in [1.165, 1.54) is 0 Å². The molecule has 0 unspecified atom stereocenters. The highest BCUT2D eigenvalue weighted by molar-refractivity contribution is 5.71. The van der Waals surface area contributed by atoms with Gasteiger partial charge in [-0.15, -0.1) is 0 Å². The van der Waals surface area contributed by atoms with Crippen LogP contribution in [0.5, 0.6) is 0 Å². The normalized spacial score (nSPS) is 18.7. The molecule has 2 aromatic carbocycles. The van der Waals surface area contributed by atoms with Crippen LogP contribution >= 0.6 is 0 Å². The Morgan fingerprint density at radius 2 is 1.73 bits per heavy atom. The minimum absolute atomic E-state index is 0.280. The molecular formula is C28H28F3N3O3. The van der Waals surface area contributed by atoms with E-state index in [-0.39, 0.29) is 11.3 Å². The first-order valence-corrected chi connectivity index (χ1v) is 12.5. The third-order valence-electron chi connectivity index (χ3n) is 7.44. The van der Waals surface area contributed by atoms with Crippen molar-refractivity contribution in [2.75, 3.05) is 13.1 Å². The van der Waals surface area contributed by atoms with Crippen LogP contribution in [0.1, 0.15) is 54.7 Å². The van der Waals surface area contributed by atoms with Crippen molar-refractivity contribution in [3.63, 3.8) is 0 Å². The fourth-order valence-corrected chi connectivity index (χ4v) is 5.25. The summed E-state index contributed by atoms with van der Waals surface area (Å²) in [6, 6.07) is 13.2.